The molecule has 19 heavy (non-hydrogen) atoms. The zero-order valence-corrected chi connectivity index (χ0v) is 11.1. The highest BCUT2D eigenvalue weighted by molar-refractivity contribution is 9.10. The minimum absolute atomic E-state index is 0.0333. The summed E-state index contributed by atoms with van der Waals surface area (Å²) in [5, 5.41) is 9.56. The normalized spacial score (nSPS) is 10.7. The van der Waals surface area contributed by atoms with Crippen molar-refractivity contribution in [2.24, 2.45) is 0 Å². The predicted molar refractivity (Wildman–Crippen MR) is 66.7 cm³/mol. The molecule has 0 amide bonds. The number of H-pyrrole nitrogens is 1. The highest BCUT2D eigenvalue weighted by Crippen LogP contribution is 2.25. The lowest BCUT2D eigenvalue weighted by atomic mass is 10.2. The summed E-state index contributed by atoms with van der Waals surface area (Å²) in [5.41, 5.74) is -2.02. The van der Waals surface area contributed by atoms with Gasteiger partial charge in [0.05, 0.1) is 10.2 Å². The van der Waals surface area contributed by atoms with Crippen molar-refractivity contribution in [3.63, 3.8) is 0 Å². The van der Waals surface area contributed by atoms with Gasteiger partial charge in [-0.25, -0.2) is 13.8 Å². The topological polar surface area (TPSA) is 75.1 Å². The van der Waals surface area contributed by atoms with E-state index < -0.39 is 28.8 Å². The molecule has 8 heteroatoms. The van der Waals surface area contributed by atoms with Crippen molar-refractivity contribution in [3.8, 4) is 11.6 Å². The van der Waals surface area contributed by atoms with Gasteiger partial charge in [-0.1, -0.05) is 0 Å². The second-order valence-electron chi connectivity index (χ2n) is 3.79. The van der Waals surface area contributed by atoms with Crippen LogP contribution in [0.4, 0.5) is 8.78 Å². The number of nitrogens with one attached hydrogen (secondary N) is 1. The van der Waals surface area contributed by atoms with Crippen molar-refractivity contribution in [2.75, 3.05) is 0 Å². The number of aromatic hydroxyl groups is 1. The molecule has 1 aromatic heterocycles. The Morgan fingerprint density at radius 1 is 1.32 bits per heavy atom. The van der Waals surface area contributed by atoms with Crippen molar-refractivity contribution in [3.05, 3.63) is 54.6 Å². The van der Waals surface area contributed by atoms with Crippen LogP contribution in [0.1, 0.15) is 5.56 Å². The Morgan fingerprint density at radius 2 is 1.95 bits per heavy atom. The van der Waals surface area contributed by atoms with Gasteiger partial charge in [0, 0.05) is 0 Å². The van der Waals surface area contributed by atoms with Crippen LogP contribution in [0, 0.1) is 18.6 Å². The quantitative estimate of drug-likeness (QED) is 0.832. The lowest BCUT2D eigenvalue weighted by molar-refractivity contribution is 0.385. The molecular formula is C11H7BrF2N2O3. The molecule has 0 fully saturated rings. The van der Waals surface area contributed by atoms with E-state index in [0.29, 0.717) is 4.57 Å². The molecule has 1 heterocycles. The molecule has 0 saturated heterocycles. The Labute approximate surface area is 113 Å². The lowest BCUT2D eigenvalue weighted by Crippen LogP contribution is -2.31. The number of aromatic amines is 1. The number of hydrogen-bond acceptors (Lipinski definition) is 3. The average molecular weight is 333 g/mol. The molecule has 2 rings (SSSR count). The molecule has 0 bridgehead atoms. The summed E-state index contributed by atoms with van der Waals surface area (Å²) in [7, 11) is 0. The van der Waals surface area contributed by atoms with Gasteiger partial charge in [-0.3, -0.25) is 9.78 Å². The Morgan fingerprint density at radius 3 is 2.58 bits per heavy atom. The van der Waals surface area contributed by atoms with E-state index in [1.165, 1.54) is 13.0 Å². The van der Waals surface area contributed by atoms with Crippen LogP contribution < -0.4 is 11.2 Å². The maximum Gasteiger partial charge on any atom is 0.335 e. The predicted octanol–water partition coefficient (Wildman–Crippen LogP) is 1.58. The van der Waals surface area contributed by atoms with Crippen LogP contribution in [-0.2, 0) is 0 Å². The van der Waals surface area contributed by atoms with E-state index in [0.717, 1.165) is 6.07 Å². The van der Waals surface area contributed by atoms with Gasteiger partial charge in [0.15, 0.2) is 0 Å². The third kappa shape index (κ3) is 2.19. The van der Waals surface area contributed by atoms with Gasteiger partial charge < -0.3 is 5.11 Å². The van der Waals surface area contributed by atoms with E-state index in [2.05, 4.69) is 15.9 Å². The highest BCUT2D eigenvalue weighted by Gasteiger charge is 2.17. The van der Waals surface area contributed by atoms with E-state index in [-0.39, 0.29) is 15.7 Å². The van der Waals surface area contributed by atoms with Crippen LogP contribution in [-0.4, -0.2) is 14.7 Å². The molecule has 0 aliphatic heterocycles. The second kappa shape index (κ2) is 4.61. The Hall–Kier alpha value is -1.96. The fraction of sp³-hybridized carbons (Fsp3) is 0.0909. The van der Waals surface area contributed by atoms with Crippen molar-refractivity contribution in [1.29, 1.82) is 0 Å². The van der Waals surface area contributed by atoms with E-state index >= 15 is 0 Å². The summed E-state index contributed by atoms with van der Waals surface area (Å²) in [6.07, 6.45) is 0. The monoisotopic (exact) mass is 332 g/mol. The first-order valence-corrected chi connectivity index (χ1v) is 5.82. The van der Waals surface area contributed by atoms with Crippen LogP contribution in [0.25, 0.3) is 5.69 Å². The maximum absolute atomic E-state index is 13.3. The largest absolute Gasteiger partial charge is 0.492 e. The minimum Gasteiger partial charge on any atom is -0.492 e. The maximum atomic E-state index is 13.3. The van der Waals surface area contributed by atoms with Crippen LogP contribution in [0.2, 0.25) is 0 Å². The zero-order valence-electron chi connectivity index (χ0n) is 9.50. The van der Waals surface area contributed by atoms with E-state index in [1.807, 2.05) is 0 Å². The van der Waals surface area contributed by atoms with E-state index in [9.17, 15) is 23.5 Å². The molecule has 5 nitrogen and oxygen atoms in total. The number of hydrogen-bond donors (Lipinski definition) is 2. The molecular weight excluding hydrogens is 326 g/mol. The molecule has 0 atom stereocenters. The SMILES string of the molecule is Cc1cc(F)c(Br)cc1-n1c(O)c(F)c(=O)[nH]c1=O. The molecule has 0 aliphatic carbocycles. The smallest absolute Gasteiger partial charge is 0.335 e. The van der Waals surface area contributed by atoms with Crippen LogP contribution in [0.3, 0.4) is 0 Å². The fourth-order valence-electron chi connectivity index (χ4n) is 1.60. The van der Waals surface area contributed by atoms with Gasteiger partial charge in [-0.2, -0.15) is 4.39 Å². The van der Waals surface area contributed by atoms with Gasteiger partial charge in [0.2, 0.25) is 11.7 Å². The molecule has 0 aliphatic rings. The molecule has 2 aromatic rings. The number of aryl methyl sites for hydroxylation is 1. The zero-order chi connectivity index (χ0) is 14.3. The summed E-state index contributed by atoms with van der Waals surface area (Å²) in [6, 6.07) is 2.30. The Kier molecular flexibility index (Phi) is 3.27. The summed E-state index contributed by atoms with van der Waals surface area (Å²) in [6.45, 7) is 1.47. The number of nitrogens with zero attached hydrogens (tertiary/aromatic N) is 1. The first-order chi connectivity index (χ1) is 8.82. The second-order valence-corrected chi connectivity index (χ2v) is 4.64. The molecule has 2 N–H and O–H groups in total. The molecule has 1 aromatic carbocycles. The highest BCUT2D eigenvalue weighted by atomic mass is 79.9. The first-order valence-electron chi connectivity index (χ1n) is 5.02. The van der Waals surface area contributed by atoms with E-state index in [4.69, 9.17) is 0 Å². The summed E-state index contributed by atoms with van der Waals surface area (Å²) < 4.78 is 27.2. The Balaban J connectivity index is 2.88. The molecule has 100 valence electrons. The van der Waals surface area contributed by atoms with Gasteiger partial charge in [-0.15, -0.1) is 0 Å². The molecule has 0 saturated carbocycles. The number of halogens is 3. The van der Waals surface area contributed by atoms with Crippen molar-refractivity contribution in [2.45, 2.75) is 6.92 Å². The van der Waals surface area contributed by atoms with E-state index in [1.54, 1.807) is 4.98 Å². The van der Waals surface area contributed by atoms with Crippen LogP contribution in [0.15, 0.2) is 26.2 Å². The van der Waals surface area contributed by atoms with Gasteiger partial charge in [0.1, 0.15) is 5.82 Å². The summed E-state index contributed by atoms with van der Waals surface area (Å²) in [4.78, 5) is 24.3. The lowest BCUT2D eigenvalue weighted by Gasteiger charge is -2.11. The third-order valence-corrected chi connectivity index (χ3v) is 3.12. The number of benzene rings is 1. The van der Waals surface area contributed by atoms with Gasteiger partial charge in [0.25, 0.3) is 5.56 Å². The van der Waals surface area contributed by atoms with Gasteiger partial charge in [-0.05, 0) is 40.5 Å². The summed E-state index contributed by atoms with van der Waals surface area (Å²) >= 11 is 2.92. The third-order valence-electron chi connectivity index (χ3n) is 2.51. The standard InChI is InChI=1S/C11H7BrF2N2O3/c1-4-2-6(13)5(12)3-7(4)16-10(18)8(14)9(17)15-11(16)19/h2-3,18H,1H3,(H,15,17,19). The number of rotatable bonds is 1. The summed E-state index contributed by atoms with van der Waals surface area (Å²) in [5.74, 6) is -3.19. The Bertz CT molecular complexity index is 783. The van der Waals surface area contributed by atoms with Gasteiger partial charge >= 0.3 is 5.69 Å². The van der Waals surface area contributed by atoms with Crippen molar-refractivity contribution >= 4 is 15.9 Å². The fourth-order valence-corrected chi connectivity index (χ4v) is 1.94. The van der Waals surface area contributed by atoms with Crippen molar-refractivity contribution < 1.29 is 13.9 Å². The minimum atomic E-state index is -1.49. The molecule has 0 radical (unpaired) electrons. The van der Waals surface area contributed by atoms with Crippen molar-refractivity contribution in [1.82, 2.24) is 9.55 Å². The average Bonchev–Trinajstić information content (AvgIpc) is 2.33. The number of aromatic nitrogens is 2. The van der Waals surface area contributed by atoms with Crippen LogP contribution in [0.5, 0.6) is 5.88 Å². The molecule has 0 unspecified atom stereocenters. The van der Waals surface area contributed by atoms with Crippen LogP contribution >= 0.6 is 15.9 Å². The molecule has 0 spiro atoms. The first kappa shape index (κ1) is 13.5.